The van der Waals surface area contributed by atoms with Gasteiger partial charge in [-0.05, 0) is 67.9 Å². The van der Waals surface area contributed by atoms with E-state index in [9.17, 15) is 14.4 Å². The van der Waals surface area contributed by atoms with E-state index < -0.39 is 24.2 Å². The second kappa shape index (κ2) is 16.5. The Morgan fingerprint density at radius 2 is 1.86 bits per heavy atom. The number of anilines is 1. The monoisotopic (exact) mass is 682 g/mol. The molecule has 2 amide bonds. The number of methoxy groups -OCH3 is 1. The summed E-state index contributed by atoms with van der Waals surface area (Å²) in [5.74, 6) is 0.143. The molecule has 2 aliphatic heterocycles. The van der Waals surface area contributed by atoms with Crippen molar-refractivity contribution in [3.8, 4) is 5.75 Å². The van der Waals surface area contributed by atoms with Gasteiger partial charge in [-0.2, -0.15) is 0 Å². The van der Waals surface area contributed by atoms with Gasteiger partial charge in [0, 0.05) is 29.7 Å². The van der Waals surface area contributed by atoms with Crippen LogP contribution in [0, 0.1) is 11.8 Å². The number of aromatic nitrogens is 1. The molecule has 266 valence electrons. The minimum atomic E-state index is -0.640. The van der Waals surface area contributed by atoms with Gasteiger partial charge in [-0.15, -0.1) is 0 Å². The van der Waals surface area contributed by atoms with Crippen LogP contribution in [0.2, 0.25) is 0 Å². The highest BCUT2D eigenvalue weighted by Crippen LogP contribution is 2.46. The maximum atomic E-state index is 13.1. The van der Waals surface area contributed by atoms with Crippen LogP contribution in [0.4, 0.5) is 5.69 Å². The molecule has 2 aliphatic rings. The average Bonchev–Trinajstić information content (AvgIpc) is 3.63. The van der Waals surface area contributed by atoms with Gasteiger partial charge in [0.15, 0.2) is 17.7 Å². The van der Waals surface area contributed by atoms with Gasteiger partial charge in [0.2, 0.25) is 17.7 Å². The number of esters is 1. The summed E-state index contributed by atoms with van der Waals surface area (Å²) in [5, 5.41) is 6.68. The number of para-hydroxylation sites is 1. The van der Waals surface area contributed by atoms with E-state index in [4.69, 9.17) is 19.6 Å². The van der Waals surface area contributed by atoms with E-state index in [-0.39, 0.29) is 29.3 Å². The van der Waals surface area contributed by atoms with Crippen molar-refractivity contribution in [1.29, 1.82) is 0 Å². The van der Waals surface area contributed by atoms with Gasteiger partial charge in [0.1, 0.15) is 17.7 Å². The van der Waals surface area contributed by atoms with Crippen LogP contribution in [0.3, 0.4) is 0 Å². The van der Waals surface area contributed by atoms with Crippen molar-refractivity contribution >= 4 is 29.0 Å². The van der Waals surface area contributed by atoms with Crippen LogP contribution in [0.15, 0.2) is 76.8 Å². The number of nitrogens with zero attached hydrogens (tertiary/aromatic N) is 1. The third-order valence-electron chi connectivity index (χ3n) is 8.53. The first-order valence-electron chi connectivity index (χ1n) is 17.1. The maximum Gasteiger partial charge on any atom is 0.360 e. The summed E-state index contributed by atoms with van der Waals surface area (Å²) < 4.78 is 18.1. The Balaban J connectivity index is 0.000000727. The topological polar surface area (TPSA) is 146 Å². The molecular formula is C40H50N4O6. The Morgan fingerprint density at radius 3 is 2.46 bits per heavy atom. The lowest BCUT2D eigenvalue weighted by Crippen LogP contribution is -2.32. The quantitative estimate of drug-likeness (QED) is 0.154. The van der Waals surface area contributed by atoms with Crippen LogP contribution in [-0.4, -0.2) is 36.1 Å². The van der Waals surface area contributed by atoms with Crippen molar-refractivity contribution in [2.24, 2.45) is 17.6 Å². The summed E-state index contributed by atoms with van der Waals surface area (Å²) >= 11 is 0. The number of primary amides is 1. The number of rotatable bonds is 9. The Hall–Kier alpha value is -5.12. The fraction of sp³-hybridized carbons (Fsp3) is 0.400. The second-order valence-electron chi connectivity index (χ2n) is 13.5. The Bertz CT molecular complexity index is 1800. The lowest BCUT2D eigenvalue weighted by Gasteiger charge is -2.24. The zero-order valence-corrected chi connectivity index (χ0v) is 30.4. The highest BCUT2D eigenvalue weighted by molar-refractivity contribution is 5.89. The minimum Gasteiger partial charge on any atom is -0.469 e. The molecule has 0 radical (unpaired) electrons. The number of nitrogens with one attached hydrogen (secondary N) is 2. The van der Waals surface area contributed by atoms with Crippen LogP contribution < -0.4 is 21.1 Å². The van der Waals surface area contributed by atoms with Gasteiger partial charge in [0.25, 0.3) is 0 Å². The first-order valence-corrected chi connectivity index (χ1v) is 17.1. The zero-order chi connectivity index (χ0) is 36.7. The van der Waals surface area contributed by atoms with Gasteiger partial charge < -0.3 is 30.3 Å². The van der Waals surface area contributed by atoms with Gasteiger partial charge in [-0.3, -0.25) is 9.59 Å². The average molecular weight is 683 g/mol. The fourth-order valence-electron chi connectivity index (χ4n) is 6.31. The van der Waals surface area contributed by atoms with Gasteiger partial charge in [-0.1, -0.05) is 82.3 Å². The van der Waals surface area contributed by atoms with E-state index in [1.165, 1.54) is 7.11 Å². The number of carbonyl (C=O) groups excluding carboxylic acids is 3. The molecule has 50 heavy (non-hydrogen) atoms. The van der Waals surface area contributed by atoms with Crippen molar-refractivity contribution < 1.29 is 28.3 Å². The predicted octanol–water partition coefficient (Wildman–Crippen LogP) is 7.63. The van der Waals surface area contributed by atoms with Crippen molar-refractivity contribution in [2.75, 3.05) is 12.4 Å². The molecule has 0 spiro atoms. The molecule has 0 saturated heterocycles. The zero-order valence-electron chi connectivity index (χ0n) is 30.4. The van der Waals surface area contributed by atoms with E-state index in [1.54, 1.807) is 0 Å². The Morgan fingerprint density at radius 1 is 1.14 bits per heavy atom. The van der Waals surface area contributed by atoms with Crippen LogP contribution in [-0.2, 0) is 20.7 Å². The molecule has 3 heterocycles. The molecule has 3 unspecified atom stereocenters. The summed E-state index contributed by atoms with van der Waals surface area (Å²) in [6, 6.07) is 13.4. The van der Waals surface area contributed by atoms with Gasteiger partial charge >= 0.3 is 5.97 Å². The molecule has 4 N–H and O–H groups in total. The number of carbonyl (C=O) groups is 3. The molecule has 0 aliphatic carbocycles. The number of aryl methyl sites for hydroxylation is 1. The SMILES string of the molecule is C=C(C)/C(=C(C)\C=C/C)c1ccccc1NC1Oc2ccc3cc2C1c1oc(nc1C(=O)OC)C(C(C)C)NC(=O)CC3.CC(C)CC(N)=O. The largest absolute Gasteiger partial charge is 0.469 e. The number of oxazole rings is 1. The van der Waals surface area contributed by atoms with Gasteiger partial charge in [-0.25, -0.2) is 9.78 Å². The lowest BCUT2D eigenvalue weighted by molar-refractivity contribution is -0.122. The van der Waals surface area contributed by atoms with Crippen molar-refractivity contribution in [1.82, 2.24) is 10.3 Å². The van der Waals surface area contributed by atoms with E-state index in [0.717, 1.165) is 39.1 Å². The summed E-state index contributed by atoms with van der Waals surface area (Å²) in [7, 11) is 1.32. The van der Waals surface area contributed by atoms with Crippen LogP contribution in [0.1, 0.15) is 112 Å². The molecule has 10 nitrogen and oxygen atoms in total. The third kappa shape index (κ3) is 8.72. The Labute approximate surface area is 295 Å². The van der Waals surface area contributed by atoms with E-state index in [0.29, 0.717) is 36.7 Å². The molecule has 0 saturated carbocycles. The third-order valence-corrected chi connectivity index (χ3v) is 8.53. The number of allylic oxidation sites excluding steroid dienone is 5. The second-order valence-corrected chi connectivity index (χ2v) is 13.5. The number of hydrogen-bond donors (Lipinski definition) is 3. The molecular weight excluding hydrogens is 632 g/mol. The van der Waals surface area contributed by atoms with Crippen molar-refractivity contribution in [2.45, 2.75) is 85.9 Å². The number of hydrogen-bond acceptors (Lipinski definition) is 8. The number of benzene rings is 2. The smallest absolute Gasteiger partial charge is 0.360 e. The minimum absolute atomic E-state index is 0.0364. The predicted molar refractivity (Wildman–Crippen MR) is 196 cm³/mol. The summed E-state index contributed by atoms with van der Waals surface area (Å²) in [4.78, 5) is 40.7. The highest BCUT2D eigenvalue weighted by Gasteiger charge is 2.43. The summed E-state index contributed by atoms with van der Waals surface area (Å²) in [6.07, 6.45) is 4.81. The van der Waals surface area contributed by atoms with Crippen LogP contribution in [0.25, 0.3) is 5.57 Å². The molecule has 0 fully saturated rings. The molecule has 4 bridgehead atoms. The van der Waals surface area contributed by atoms with E-state index in [1.807, 2.05) is 84.0 Å². The van der Waals surface area contributed by atoms with Crippen LogP contribution >= 0.6 is 0 Å². The summed E-state index contributed by atoms with van der Waals surface area (Å²) in [5.41, 5.74) is 11.6. The fourth-order valence-corrected chi connectivity index (χ4v) is 6.31. The van der Waals surface area contributed by atoms with Crippen LogP contribution in [0.5, 0.6) is 5.75 Å². The maximum absolute atomic E-state index is 13.1. The van der Waals surface area contributed by atoms with Crippen molar-refractivity contribution in [3.63, 3.8) is 0 Å². The number of amides is 2. The molecule has 5 rings (SSSR count). The first kappa shape index (κ1) is 37.7. The highest BCUT2D eigenvalue weighted by atomic mass is 16.5. The Kier molecular flexibility index (Phi) is 12.5. The number of fused-ring (bicyclic) bond motifs is 4. The molecule has 2 aromatic carbocycles. The molecule has 10 heteroatoms. The molecule has 3 atom stereocenters. The molecule has 3 aromatic rings. The molecule has 1 aromatic heterocycles. The van der Waals surface area contributed by atoms with Crippen molar-refractivity contribution in [3.05, 3.63) is 106 Å². The normalized spacial score (nSPS) is 18.6. The summed E-state index contributed by atoms with van der Waals surface area (Å²) in [6.45, 7) is 18.2. The van der Waals surface area contributed by atoms with E-state index >= 15 is 0 Å². The van der Waals surface area contributed by atoms with Gasteiger partial charge in [0.05, 0.1) is 7.11 Å². The standard InChI is InChI=1S/C35H39N3O5.C5H11NO/c1-8-11-21(6)28(19(2)3)23-12-9-10-13-25(23)36-33-29-24-18-22(14-16-26(24)42-33)15-17-27(39)37-30(20(4)5)34-38-31(32(29)43-34)35(40)41-7;1-4(2)3-5(6)7/h8-14,16,18,20,29-30,33,36H,2,15,17H2,1,3-7H3,(H,37,39);4H,3H2,1-2H3,(H2,6,7)/b11-8-,28-21+;. The van der Waals surface area contributed by atoms with E-state index in [2.05, 4.69) is 41.3 Å². The number of ether oxygens (including phenoxy) is 2. The first-order chi connectivity index (χ1) is 23.7. The number of nitrogens with two attached hydrogens (primary N) is 1. The lowest BCUT2D eigenvalue weighted by atomic mass is 9.91.